The lowest BCUT2D eigenvalue weighted by Crippen LogP contribution is -2.03. The van der Waals surface area contributed by atoms with E-state index in [1.807, 2.05) is 11.5 Å². The largest absolute Gasteiger partial charge is 0.463 e. The van der Waals surface area contributed by atoms with Crippen LogP contribution in [0, 0.1) is 18.3 Å². The normalized spacial score (nSPS) is 13.0. The number of nitrogens with zero attached hydrogens (tertiary/aromatic N) is 2. The number of rotatable bonds is 4. The fraction of sp³-hybridized carbons (Fsp3) is 0.278. The molecule has 0 radical (unpaired) electrons. The Hall–Kier alpha value is -3.07. The van der Waals surface area contributed by atoms with E-state index in [2.05, 4.69) is 10.8 Å². The number of esters is 1. The van der Waals surface area contributed by atoms with Crippen LogP contribution in [0.25, 0.3) is 6.08 Å². The summed E-state index contributed by atoms with van der Waals surface area (Å²) in [6, 6.07) is 3.74. The van der Waals surface area contributed by atoms with Gasteiger partial charge in [-0.1, -0.05) is 0 Å². The third-order valence-electron chi connectivity index (χ3n) is 4.27. The summed E-state index contributed by atoms with van der Waals surface area (Å²) >= 11 is 0. The summed E-state index contributed by atoms with van der Waals surface area (Å²) < 4.78 is 11.7. The molecule has 2 aromatic heterocycles. The number of nitriles is 1. The summed E-state index contributed by atoms with van der Waals surface area (Å²) in [4.78, 5) is 24.2. The zero-order valence-electron chi connectivity index (χ0n) is 13.5. The highest BCUT2D eigenvalue weighted by atomic mass is 16.5. The van der Waals surface area contributed by atoms with Gasteiger partial charge in [0.2, 0.25) is 5.76 Å². The van der Waals surface area contributed by atoms with Gasteiger partial charge in [0, 0.05) is 23.5 Å². The van der Waals surface area contributed by atoms with E-state index in [-0.39, 0.29) is 11.5 Å². The number of carbonyl (C=O) groups is 2. The first kappa shape index (κ1) is 15.8. The van der Waals surface area contributed by atoms with Crippen LogP contribution in [0.4, 0.5) is 0 Å². The quantitative estimate of drug-likeness (QED) is 0.490. The number of hydrogen-bond donors (Lipinski definition) is 0. The second-order valence-corrected chi connectivity index (χ2v) is 5.54. The molecule has 0 bridgehead atoms. The number of aromatic nitrogens is 1. The van der Waals surface area contributed by atoms with Crippen molar-refractivity contribution in [3.05, 3.63) is 52.2 Å². The monoisotopic (exact) mass is 324 g/mol. The van der Waals surface area contributed by atoms with Gasteiger partial charge in [-0.2, -0.15) is 5.26 Å². The summed E-state index contributed by atoms with van der Waals surface area (Å²) in [5, 5.41) is 9.43. The lowest BCUT2D eigenvalue weighted by atomic mass is 10.0. The Morgan fingerprint density at radius 2 is 2.25 bits per heavy atom. The van der Waals surface area contributed by atoms with E-state index in [0.717, 1.165) is 30.8 Å². The molecule has 3 rings (SSSR count). The van der Waals surface area contributed by atoms with Crippen molar-refractivity contribution in [2.24, 2.45) is 0 Å². The summed E-state index contributed by atoms with van der Waals surface area (Å²) in [5.41, 5.74) is 3.10. The lowest BCUT2D eigenvalue weighted by molar-refractivity contribution is 0.0564. The molecule has 0 fully saturated rings. The van der Waals surface area contributed by atoms with Crippen LogP contribution in [0.5, 0.6) is 0 Å². The fourth-order valence-electron chi connectivity index (χ4n) is 3.14. The first-order valence-corrected chi connectivity index (χ1v) is 7.58. The van der Waals surface area contributed by atoms with Crippen molar-refractivity contribution in [2.75, 3.05) is 7.11 Å². The van der Waals surface area contributed by atoms with Crippen LogP contribution in [0.2, 0.25) is 0 Å². The van der Waals surface area contributed by atoms with Crippen LogP contribution in [0.3, 0.4) is 0 Å². The fourth-order valence-corrected chi connectivity index (χ4v) is 3.14. The van der Waals surface area contributed by atoms with Gasteiger partial charge in [-0.3, -0.25) is 4.79 Å². The number of ether oxygens (including phenoxy) is 1. The minimum absolute atomic E-state index is 0.0400. The second kappa shape index (κ2) is 6.20. The van der Waals surface area contributed by atoms with Crippen LogP contribution in [-0.4, -0.2) is 23.4 Å². The molecule has 0 aliphatic carbocycles. The number of furan rings is 1. The third kappa shape index (κ3) is 2.44. The summed E-state index contributed by atoms with van der Waals surface area (Å²) in [6.45, 7) is 2.69. The standard InChI is InChI=1S/C18H16N2O4/c1-11-16(13(10-19)14-4-3-8-20(11)14)15(21)6-5-12-7-9-24-17(12)18(22)23-2/h5-7,9H,3-4,8H2,1-2H3/b6-5+. The Kier molecular flexibility index (Phi) is 4.09. The van der Waals surface area contributed by atoms with E-state index < -0.39 is 5.97 Å². The van der Waals surface area contributed by atoms with E-state index in [1.54, 1.807) is 6.07 Å². The van der Waals surface area contributed by atoms with Crippen molar-refractivity contribution in [1.82, 2.24) is 4.57 Å². The highest BCUT2D eigenvalue weighted by Gasteiger charge is 2.26. The van der Waals surface area contributed by atoms with Crippen LogP contribution < -0.4 is 0 Å². The Balaban J connectivity index is 1.94. The Morgan fingerprint density at radius 3 is 2.96 bits per heavy atom. The highest BCUT2D eigenvalue weighted by molar-refractivity contribution is 6.10. The van der Waals surface area contributed by atoms with Crippen molar-refractivity contribution in [1.29, 1.82) is 5.26 Å². The predicted molar refractivity (Wildman–Crippen MR) is 85.6 cm³/mol. The average Bonchev–Trinajstić information content (AvgIpc) is 3.29. The number of methoxy groups -OCH3 is 1. The SMILES string of the molecule is COC(=O)c1occc1/C=C/C(=O)c1c(C#N)c2n(c1C)CCC2. The molecule has 122 valence electrons. The molecule has 6 heteroatoms. The van der Waals surface area contributed by atoms with Gasteiger partial charge in [0.15, 0.2) is 5.78 Å². The minimum Gasteiger partial charge on any atom is -0.463 e. The number of allylic oxidation sites excluding steroid dienone is 1. The van der Waals surface area contributed by atoms with Gasteiger partial charge < -0.3 is 13.7 Å². The van der Waals surface area contributed by atoms with E-state index in [4.69, 9.17) is 4.42 Å². The molecule has 0 N–H and O–H groups in total. The van der Waals surface area contributed by atoms with Gasteiger partial charge in [-0.25, -0.2) is 4.79 Å². The lowest BCUT2D eigenvalue weighted by Gasteiger charge is -2.01. The molecule has 0 unspecified atom stereocenters. The summed E-state index contributed by atoms with van der Waals surface area (Å²) in [7, 11) is 1.26. The van der Waals surface area contributed by atoms with E-state index >= 15 is 0 Å². The van der Waals surface area contributed by atoms with Crippen molar-refractivity contribution in [2.45, 2.75) is 26.3 Å². The molecular weight excluding hydrogens is 308 g/mol. The molecule has 6 nitrogen and oxygen atoms in total. The maximum absolute atomic E-state index is 12.6. The highest BCUT2D eigenvalue weighted by Crippen LogP contribution is 2.29. The molecule has 0 amide bonds. The number of fused-ring (bicyclic) bond motifs is 1. The zero-order chi connectivity index (χ0) is 17.3. The maximum atomic E-state index is 12.6. The number of carbonyl (C=O) groups excluding carboxylic acids is 2. The van der Waals surface area contributed by atoms with Crippen LogP contribution in [0.15, 0.2) is 22.8 Å². The number of hydrogen-bond acceptors (Lipinski definition) is 5. The maximum Gasteiger partial charge on any atom is 0.374 e. The minimum atomic E-state index is -0.608. The molecule has 1 aliphatic rings. The first-order chi connectivity index (χ1) is 11.6. The Labute approximate surface area is 138 Å². The zero-order valence-corrected chi connectivity index (χ0v) is 13.5. The molecule has 0 saturated heterocycles. The van der Waals surface area contributed by atoms with E-state index in [0.29, 0.717) is 16.7 Å². The Bertz CT molecular complexity index is 893. The van der Waals surface area contributed by atoms with Gasteiger partial charge in [-0.05, 0) is 38.0 Å². The van der Waals surface area contributed by atoms with Gasteiger partial charge in [0.25, 0.3) is 0 Å². The third-order valence-corrected chi connectivity index (χ3v) is 4.27. The Morgan fingerprint density at radius 1 is 1.46 bits per heavy atom. The summed E-state index contributed by atoms with van der Waals surface area (Å²) in [6.07, 6.45) is 6.02. The van der Waals surface area contributed by atoms with Gasteiger partial charge in [0.05, 0.1) is 24.5 Å². The van der Waals surface area contributed by atoms with Gasteiger partial charge in [0.1, 0.15) is 6.07 Å². The summed E-state index contributed by atoms with van der Waals surface area (Å²) in [5.74, 6) is -0.829. The molecule has 0 saturated carbocycles. The van der Waals surface area contributed by atoms with E-state index in [9.17, 15) is 14.9 Å². The molecular formula is C18H16N2O4. The van der Waals surface area contributed by atoms with E-state index in [1.165, 1.54) is 25.5 Å². The number of ketones is 1. The molecule has 2 aromatic rings. The second-order valence-electron chi connectivity index (χ2n) is 5.54. The molecule has 0 atom stereocenters. The topological polar surface area (TPSA) is 85.2 Å². The van der Waals surface area contributed by atoms with Crippen molar-refractivity contribution < 1.29 is 18.7 Å². The average molecular weight is 324 g/mol. The predicted octanol–water partition coefficient (Wildman–Crippen LogP) is 2.89. The van der Waals surface area contributed by atoms with Gasteiger partial charge >= 0.3 is 5.97 Å². The molecule has 0 spiro atoms. The smallest absolute Gasteiger partial charge is 0.374 e. The molecule has 0 aromatic carbocycles. The van der Waals surface area contributed by atoms with Crippen LogP contribution >= 0.6 is 0 Å². The van der Waals surface area contributed by atoms with Gasteiger partial charge in [-0.15, -0.1) is 0 Å². The van der Waals surface area contributed by atoms with Crippen molar-refractivity contribution >= 4 is 17.8 Å². The van der Waals surface area contributed by atoms with Crippen LogP contribution in [0.1, 0.15) is 49.8 Å². The van der Waals surface area contributed by atoms with Crippen molar-refractivity contribution in [3.8, 4) is 6.07 Å². The molecule has 24 heavy (non-hydrogen) atoms. The van der Waals surface area contributed by atoms with Crippen LogP contribution in [-0.2, 0) is 17.7 Å². The molecule has 3 heterocycles. The first-order valence-electron chi connectivity index (χ1n) is 7.58. The molecule has 1 aliphatic heterocycles. The van der Waals surface area contributed by atoms with Crippen molar-refractivity contribution in [3.63, 3.8) is 0 Å².